The number of unbranched alkanes of at least 4 members (excludes halogenated alkanes) is 2. The van der Waals surface area contributed by atoms with Crippen molar-refractivity contribution >= 4 is 5.91 Å². The number of carbonyl (C=O) groups is 1. The van der Waals surface area contributed by atoms with E-state index < -0.39 is 5.91 Å². The molecule has 0 saturated heterocycles. The SMILES string of the molecule is CCCCCn1c(C(C)C)ccc(C(=O)NN)c1=O. The highest BCUT2D eigenvalue weighted by Gasteiger charge is 2.15. The number of rotatable bonds is 6. The molecule has 5 nitrogen and oxygen atoms in total. The van der Waals surface area contributed by atoms with Crippen molar-refractivity contribution in [3.8, 4) is 0 Å². The maximum atomic E-state index is 12.3. The van der Waals surface area contributed by atoms with Crippen molar-refractivity contribution < 1.29 is 4.79 Å². The summed E-state index contributed by atoms with van der Waals surface area (Å²) in [5.41, 5.74) is 2.81. The van der Waals surface area contributed by atoms with Crippen molar-refractivity contribution in [1.29, 1.82) is 0 Å². The second kappa shape index (κ2) is 7.09. The molecule has 1 aromatic rings. The molecule has 106 valence electrons. The van der Waals surface area contributed by atoms with Gasteiger partial charge in [0.25, 0.3) is 11.5 Å². The van der Waals surface area contributed by atoms with E-state index in [0.29, 0.717) is 6.54 Å². The first-order valence-corrected chi connectivity index (χ1v) is 6.77. The van der Waals surface area contributed by atoms with Gasteiger partial charge in [-0.15, -0.1) is 0 Å². The van der Waals surface area contributed by atoms with E-state index in [4.69, 9.17) is 5.84 Å². The Morgan fingerprint density at radius 1 is 1.37 bits per heavy atom. The molecule has 0 aliphatic heterocycles. The fourth-order valence-corrected chi connectivity index (χ4v) is 2.10. The Hall–Kier alpha value is -1.62. The Bertz CT molecular complexity index is 492. The number of hydrogen-bond donors (Lipinski definition) is 2. The molecule has 0 aliphatic rings. The lowest BCUT2D eigenvalue weighted by atomic mass is 10.1. The Kier molecular flexibility index (Phi) is 5.76. The molecule has 0 aliphatic carbocycles. The molecule has 0 spiro atoms. The quantitative estimate of drug-likeness (QED) is 0.356. The zero-order chi connectivity index (χ0) is 14.4. The van der Waals surface area contributed by atoms with Gasteiger partial charge in [0.15, 0.2) is 0 Å². The maximum absolute atomic E-state index is 12.3. The summed E-state index contributed by atoms with van der Waals surface area (Å²) in [5, 5.41) is 0. The van der Waals surface area contributed by atoms with Crippen LogP contribution in [-0.2, 0) is 6.54 Å². The topological polar surface area (TPSA) is 77.1 Å². The van der Waals surface area contributed by atoms with Gasteiger partial charge in [-0.1, -0.05) is 33.6 Å². The van der Waals surface area contributed by atoms with Crippen LogP contribution in [0.2, 0.25) is 0 Å². The largest absolute Gasteiger partial charge is 0.312 e. The van der Waals surface area contributed by atoms with Crippen molar-refractivity contribution in [2.75, 3.05) is 0 Å². The zero-order valence-corrected chi connectivity index (χ0v) is 11.9. The van der Waals surface area contributed by atoms with Crippen LogP contribution >= 0.6 is 0 Å². The lowest BCUT2D eigenvalue weighted by Gasteiger charge is -2.16. The number of hydrazine groups is 1. The summed E-state index contributed by atoms with van der Waals surface area (Å²) in [5.74, 6) is 4.80. The zero-order valence-electron chi connectivity index (χ0n) is 11.9. The minimum Gasteiger partial charge on any atom is -0.312 e. The minimum absolute atomic E-state index is 0.100. The van der Waals surface area contributed by atoms with Gasteiger partial charge in [-0.25, -0.2) is 5.84 Å². The summed E-state index contributed by atoms with van der Waals surface area (Å²) in [6.07, 6.45) is 3.09. The third-order valence-electron chi connectivity index (χ3n) is 3.16. The normalized spacial score (nSPS) is 10.8. The van der Waals surface area contributed by atoms with Gasteiger partial charge in [0.2, 0.25) is 0 Å². The first-order valence-electron chi connectivity index (χ1n) is 6.77. The molecular weight excluding hydrogens is 242 g/mol. The fourth-order valence-electron chi connectivity index (χ4n) is 2.10. The fraction of sp³-hybridized carbons (Fsp3) is 0.571. The molecule has 0 bridgehead atoms. The van der Waals surface area contributed by atoms with Gasteiger partial charge < -0.3 is 4.57 Å². The van der Waals surface area contributed by atoms with Crippen LogP contribution in [0.1, 0.15) is 62.0 Å². The summed E-state index contributed by atoms with van der Waals surface area (Å²) in [4.78, 5) is 23.9. The molecule has 1 aromatic heterocycles. The lowest BCUT2D eigenvalue weighted by molar-refractivity contribution is 0.0951. The number of pyridine rings is 1. The highest BCUT2D eigenvalue weighted by Crippen LogP contribution is 2.14. The number of hydrogen-bond acceptors (Lipinski definition) is 3. The lowest BCUT2D eigenvalue weighted by Crippen LogP contribution is -2.37. The number of nitrogens with two attached hydrogens (primary N) is 1. The molecule has 1 rings (SSSR count). The molecule has 19 heavy (non-hydrogen) atoms. The molecule has 3 N–H and O–H groups in total. The predicted molar refractivity (Wildman–Crippen MR) is 76.0 cm³/mol. The summed E-state index contributed by atoms with van der Waals surface area (Å²) in [6, 6.07) is 3.39. The Labute approximate surface area is 113 Å². The van der Waals surface area contributed by atoms with Crippen molar-refractivity contribution in [1.82, 2.24) is 9.99 Å². The van der Waals surface area contributed by atoms with Crippen molar-refractivity contribution in [2.24, 2.45) is 5.84 Å². The second-order valence-corrected chi connectivity index (χ2v) is 4.96. The summed E-state index contributed by atoms with van der Waals surface area (Å²) >= 11 is 0. The smallest absolute Gasteiger partial charge is 0.270 e. The van der Waals surface area contributed by atoms with Crippen molar-refractivity contribution in [3.05, 3.63) is 33.7 Å². The van der Waals surface area contributed by atoms with Gasteiger partial charge in [-0.2, -0.15) is 0 Å². The van der Waals surface area contributed by atoms with Crippen molar-refractivity contribution in [3.63, 3.8) is 0 Å². The molecule has 1 heterocycles. The van der Waals surface area contributed by atoms with E-state index >= 15 is 0 Å². The maximum Gasteiger partial charge on any atom is 0.270 e. The van der Waals surface area contributed by atoms with Crippen LogP contribution in [-0.4, -0.2) is 10.5 Å². The van der Waals surface area contributed by atoms with E-state index in [0.717, 1.165) is 25.0 Å². The first-order chi connectivity index (χ1) is 9.02. The molecule has 5 heteroatoms. The van der Waals surface area contributed by atoms with Gasteiger partial charge in [-0.05, 0) is 24.5 Å². The number of nitrogen functional groups attached to an aromatic ring is 1. The van der Waals surface area contributed by atoms with Crippen LogP contribution in [0.4, 0.5) is 0 Å². The number of nitrogens with zero attached hydrogens (tertiary/aromatic N) is 1. The van der Waals surface area contributed by atoms with E-state index in [1.807, 2.05) is 25.3 Å². The van der Waals surface area contributed by atoms with E-state index in [1.165, 1.54) is 0 Å². The van der Waals surface area contributed by atoms with Crippen LogP contribution in [0, 0.1) is 0 Å². The van der Waals surface area contributed by atoms with Gasteiger partial charge in [0.1, 0.15) is 5.56 Å². The van der Waals surface area contributed by atoms with Gasteiger partial charge in [0, 0.05) is 12.2 Å². The van der Waals surface area contributed by atoms with Gasteiger partial charge in [0.05, 0.1) is 0 Å². The molecule has 0 saturated carbocycles. The molecule has 1 amide bonds. The Morgan fingerprint density at radius 2 is 2.05 bits per heavy atom. The third kappa shape index (κ3) is 3.67. The van der Waals surface area contributed by atoms with Crippen LogP contribution in [0.15, 0.2) is 16.9 Å². The summed E-state index contributed by atoms with van der Waals surface area (Å²) in [7, 11) is 0. The molecular formula is C14H23N3O2. The molecule has 0 fully saturated rings. The standard InChI is InChI=1S/C14H23N3O2/c1-4-5-6-9-17-12(10(2)3)8-7-11(14(17)19)13(18)16-15/h7-8,10H,4-6,9,15H2,1-3H3,(H,16,18). The first kappa shape index (κ1) is 15.4. The molecule has 0 atom stereocenters. The van der Waals surface area contributed by atoms with E-state index in [9.17, 15) is 9.59 Å². The van der Waals surface area contributed by atoms with E-state index in [2.05, 4.69) is 6.92 Å². The number of aromatic nitrogens is 1. The second-order valence-electron chi connectivity index (χ2n) is 4.96. The van der Waals surface area contributed by atoms with E-state index in [-0.39, 0.29) is 17.0 Å². The molecule has 0 aromatic carbocycles. The predicted octanol–water partition coefficient (Wildman–Crippen LogP) is 1.77. The third-order valence-corrected chi connectivity index (χ3v) is 3.16. The number of amides is 1. The van der Waals surface area contributed by atoms with Crippen LogP contribution in [0.25, 0.3) is 0 Å². The van der Waals surface area contributed by atoms with Gasteiger partial charge >= 0.3 is 0 Å². The molecule has 0 radical (unpaired) electrons. The summed E-state index contributed by atoms with van der Waals surface area (Å²) in [6.45, 7) is 6.83. The van der Waals surface area contributed by atoms with Crippen molar-refractivity contribution in [2.45, 2.75) is 52.5 Å². The highest BCUT2D eigenvalue weighted by molar-refractivity contribution is 5.93. The Balaban J connectivity index is 3.20. The summed E-state index contributed by atoms with van der Waals surface area (Å²) < 4.78 is 1.70. The highest BCUT2D eigenvalue weighted by atomic mass is 16.2. The van der Waals surface area contributed by atoms with Crippen LogP contribution in [0.5, 0.6) is 0 Å². The Morgan fingerprint density at radius 3 is 2.58 bits per heavy atom. The van der Waals surface area contributed by atoms with E-state index in [1.54, 1.807) is 10.6 Å². The number of carbonyl (C=O) groups excluding carboxylic acids is 1. The van der Waals surface area contributed by atoms with Crippen LogP contribution < -0.4 is 16.8 Å². The number of nitrogens with one attached hydrogen (secondary N) is 1. The van der Waals surface area contributed by atoms with Gasteiger partial charge in [-0.3, -0.25) is 15.0 Å². The minimum atomic E-state index is -0.537. The monoisotopic (exact) mass is 265 g/mol. The molecule has 0 unspecified atom stereocenters. The average molecular weight is 265 g/mol. The van der Waals surface area contributed by atoms with Crippen LogP contribution in [0.3, 0.4) is 0 Å². The average Bonchev–Trinajstić information content (AvgIpc) is 2.39.